The maximum atomic E-state index is 4.24. The lowest BCUT2D eigenvalue weighted by Gasteiger charge is -2.09. The van der Waals surface area contributed by atoms with Crippen LogP contribution < -0.4 is 5.32 Å². The maximum absolute atomic E-state index is 4.24. The molecule has 0 spiro atoms. The molecule has 0 amide bonds. The summed E-state index contributed by atoms with van der Waals surface area (Å²) < 4.78 is 0. The number of nitrogens with zero attached hydrogens (tertiary/aromatic N) is 1. The highest BCUT2D eigenvalue weighted by molar-refractivity contribution is 5.29. The van der Waals surface area contributed by atoms with E-state index in [1.165, 1.54) is 22.3 Å². The minimum absolute atomic E-state index is 0.896. The van der Waals surface area contributed by atoms with Crippen molar-refractivity contribution in [3.05, 3.63) is 65.0 Å². The molecule has 0 saturated carbocycles. The Labute approximate surface area is 109 Å². The maximum Gasteiger partial charge on any atom is 0.0315 e. The summed E-state index contributed by atoms with van der Waals surface area (Å²) in [7, 11) is 0. The third kappa shape index (κ3) is 3.41. The van der Waals surface area contributed by atoms with Crippen molar-refractivity contribution in [2.45, 2.75) is 26.8 Å². The Morgan fingerprint density at radius 1 is 1.06 bits per heavy atom. The average molecular weight is 240 g/mol. The van der Waals surface area contributed by atoms with Gasteiger partial charge in [-0.15, -0.1) is 0 Å². The number of aromatic nitrogens is 1. The predicted octanol–water partition coefficient (Wildman–Crippen LogP) is 3.03. The van der Waals surface area contributed by atoms with Crippen molar-refractivity contribution >= 4 is 0 Å². The minimum Gasteiger partial charge on any atom is -0.312 e. The van der Waals surface area contributed by atoms with Crippen molar-refractivity contribution in [1.82, 2.24) is 10.3 Å². The van der Waals surface area contributed by atoms with E-state index in [-0.39, 0.29) is 0 Å². The van der Waals surface area contributed by atoms with Crippen LogP contribution in [0.5, 0.6) is 0 Å². The molecule has 0 atom stereocenters. The third-order valence-electron chi connectivity index (χ3n) is 3.32. The van der Waals surface area contributed by atoms with Crippen molar-refractivity contribution in [2.24, 2.45) is 0 Å². The van der Waals surface area contributed by atoms with Gasteiger partial charge in [-0.1, -0.05) is 30.3 Å². The molecule has 2 rings (SSSR count). The molecule has 0 radical (unpaired) electrons. The number of benzene rings is 1. The summed E-state index contributed by atoms with van der Waals surface area (Å²) in [6.45, 7) is 6.16. The van der Waals surface area contributed by atoms with Gasteiger partial charge in [-0.05, 0) is 49.1 Å². The minimum atomic E-state index is 0.896. The van der Waals surface area contributed by atoms with Gasteiger partial charge < -0.3 is 5.32 Å². The van der Waals surface area contributed by atoms with Gasteiger partial charge in [0.2, 0.25) is 0 Å². The quantitative estimate of drug-likeness (QED) is 0.813. The molecule has 0 aliphatic carbocycles. The summed E-state index contributed by atoms with van der Waals surface area (Å²) in [5, 5.41) is 3.48. The van der Waals surface area contributed by atoms with Crippen LogP contribution in [0, 0.1) is 13.8 Å². The van der Waals surface area contributed by atoms with Crippen molar-refractivity contribution in [3.8, 4) is 0 Å². The van der Waals surface area contributed by atoms with Crippen LogP contribution >= 0.6 is 0 Å². The molecule has 18 heavy (non-hydrogen) atoms. The van der Waals surface area contributed by atoms with Gasteiger partial charge >= 0.3 is 0 Å². The average Bonchev–Trinajstić information content (AvgIpc) is 2.40. The molecule has 2 aromatic rings. The molecule has 1 heterocycles. The van der Waals surface area contributed by atoms with E-state index in [4.69, 9.17) is 0 Å². The van der Waals surface area contributed by atoms with E-state index >= 15 is 0 Å². The van der Waals surface area contributed by atoms with Crippen LogP contribution in [0.25, 0.3) is 0 Å². The van der Waals surface area contributed by atoms with Crippen LogP contribution in [0.4, 0.5) is 0 Å². The molecule has 1 N–H and O–H groups in total. The van der Waals surface area contributed by atoms with Gasteiger partial charge in [0.1, 0.15) is 0 Å². The lowest BCUT2D eigenvalue weighted by atomic mass is 10.1. The van der Waals surface area contributed by atoms with Gasteiger partial charge in [-0.2, -0.15) is 0 Å². The fourth-order valence-electron chi connectivity index (χ4n) is 1.96. The summed E-state index contributed by atoms with van der Waals surface area (Å²) in [6, 6.07) is 10.6. The molecule has 0 bridgehead atoms. The SMILES string of the molecule is Cc1cncc(CNCCc2ccccc2)c1C. The van der Waals surface area contributed by atoms with Crippen molar-refractivity contribution in [1.29, 1.82) is 0 Å². The highest BCUT2D eigenvalue weighted by Crippen LogP contribution is 2.10. The lowest BCUT2D eigenvalue weighted by Crippen LogP contribution is -2.17. The molecule has 1 aromatic heterocycles. The second-order valence-corrected chi connectivity index (χ2v) is 4.65. The molecule has 0 aliphatic heterocycles. The van der Waals surface area contributed by atoms with Gasteiger partial charge in [-0.3, -0.25) is 4.98 Å². The summed E-state index contributed by atoms with van der Waals surface area (Å²) in [5.74, 6) is 0. The van der Waals surface area contributed by atoms with Gasteiger partial charge in [0.15, 0.2) is 0 Å². The van der Waals surface area contributed by atoms with Crippen molar-refractivity contribution < 1.29 is 0 Å². The molecule has 0 aliphatic rings. The molecular weight excluding hydrogens is 220 g/mol. The van der Waals surface area contributed by atoms with E-state index < -0.39 is 0 Å². The Kier molecular flexibility index (Phi) is 4.48. The number of hydrogen-bond acceptors (Lipinski definition) is 2. The fraction of sp³-hybridized carbons (Fsp3) is 0.312. The summed E-state index contributed by atoms with van der Waals surface area (Å²) in [4.78, 5) is 4.24. The first-order valence-corrected chi connectivity index (χ1v) is 6.42. The van der Waals surface area contributed by atoms with E-state index in [9.17, 15) is 0 Å². The molecular formula is C16H20N2. The standard InChI is InChI=1S/C16H20N2/c1-13-10-18-12-16(14(13)2)11-17-9-8-15-6-4-3-5-7-15/h3-7,10,12,17H,8-9,11H2,1-2H3. The Balaban J connectivity index is 1.81. The fourth-order valence-corrected chi connectivity index (χ4v) is 1.96. The van der Waals surface area contributed by atoms with E-state index in [0.717, 1.165) is 19.5 Å². The third-order valence-corrected chi connectivity index (χ3v) is 3.32. The number of rotatable bonds is 5. The molecule has 0 fully saturated rings. The van der Waals surface area contributed by atoms with Crippen molar-refractivity contribution in [2.75, 3.05) is 6.54 Å². The molecule has 2 nitrogen and oxygen atoms in total. The van der Waals surface area contributed by atoms with Gasteiger partial charge in [0.25, 0.3) is 0 Å². The van der Waals surface area contributed by atoms with E-state index in [1.807, 2.05) is 12.4 Å². The van der Waals surface area contributed by atoms with E-state index in [0.29, 0.717) is 0 Å². The van der Waals surface area contributed by atoms with Gasteiger partial charge in [-0.25, -0.2) is 0 Å². The summed E-state index contributed by atoms with van der Waals surface area (Å²) >= 11 is 0. The number of hydrogen-bond donors (Lipinski definition) is 1. The largest absolute Gasteiger partial charge is 0.312 e. The van der Waals surface area contributed by atoms with Crippen LogP contribution in [-0.2, 0) is 13.0 Å². The Bertz CT molecular complexity index is 492. The zero-order chi connectivity index (χ0) is 12.8. The number of nitrogens with one attached hydrogen (secondary N) is 1. The Morgan fingerprint density at radius 3 is 2.61 bits per heavy atom. The molecule has 94 valence electrons. The topological polar surface area (TPSA) is 24.9 Å². The normalized spacial score (nSPS) is 10.6. The van der Waals surface area contributed by atoms with Crippen LogP contribution in [0.2, 0.25) is 0 Å². The smallest absolute Gasteiger partial charge is 0.0315 e. The molecule has 0 unspecified atom stereocenters. The number of aryl methyl sites for hydroxylation is 1. The van der Waals surface area contributed by atoms with E-state index in [1.54, 1.807) is 0 Å². The summed E-state index contributed by atoms with van der Waals surface area (Å²) in [5.41, 5.74) is 5.28. The second-order valence-electron chi connectivity index (χ2n) is 4.65. The van der Waals surface area contributed by atoms with E-state index in [2.05, 4.69) is 54.5 Å². The molecule has 2 heteroatoms. The molecule has 0 saturated heterocycles. The van der Waals surface area contributed by atoms with Crippen LogP contribution in [0.3, 0.4) is 0 Å². The predicted molar refractivity (Wildman–Crippen MR) is 75.6 cm³/mol. The van der Waals surface area contributed by atoms with Gasteiger partial charge in [0.05, 0.1) is 0 Å². The first-order valence-electron chi connectivity index (χ1n) is 6.42. The van der Waals surface area contributed by atoms with Crippen molar-refractivity contribution in [3.63, 3.8) is 0 Å². The lowest BCUT2D eigenvalue weighted by molar-refractivity contribution is 0.682. The second kappa shape index (κ2) is 6.31. The summed E-state index contributed by atoms with van der Waals surface area (Å²) in [6.07, 6.45) is 4.94. The zero-order valence-corrected chi connectivity index (χ0v) is 11.1. The monoisotopic (exact) mass is 240 g/mol. The van der Waals surface area contributed by atoms with Crippen LogP contribution in [0.1, 0.15) is 22.3 Å². The highest BCUT2D eigenvalue weighted by Gasteiger charge is 2.00. The van der Waals surface area contributed by atoms with Crippen LogP contribution in [-0.4, -0.2) is 11.5 Å². The van der Waals surface area contributed by atoms with Crippen LogP contribution in [0.15, 0.2) is 42.7 Å². The zero-order valence-electron chi connectivity index (χ0n) is 11.1. The number of pyridine rings is 1. The first kappa shape index (κ1) is 12.8. The first-order chi connectivity index (χ1) is 8.77. The Hall–Kier alpha value is -1.67. The highest BCUT2D eigenvalue weighted by atomic mass is 14.8. The Morgan fingerprint density at radius 2 is 1.83 bits per heavy atom. The van der Waals surface area contributed by atoms with Gasteiger partial charge in [0, 0.05) is 18.9 Å². The molecule has 1 aromatic carbocycles.